The van der Waals surface area contributed by atoms with Crippen LogP contribution < -0.4 is 10.1 Å². The molecule has 1 heterocycles. The van der Waals surface area contributed by atoms with E-state index in [4.69, 9.17) is 16.3 Å². The molecule has 0 aliphatic carbocycles. The number of amides is 2. The van der Waals surface area contributed by atoms with Gasteiger partial charge in [-0.1, -0.05) is 59.6 Å². The van der Waals surface area contributed by atoms with Crippen molar-refractivity contribution in [2.45, 2.75) is 20.3 Å². The van der Waals surface area contributed by atoms with Gasteiger partial charge in [0.15, 0.2) is 0 Å². The average molecular weight is 461 g/mol. The number of rotatable bonds is 7. The quantitative estimate of drug-likeness (QED) is 0.479. The monoisotopic (exact) mass is 460 g/mol. The fourth-order valence-corrected chi connectivity index (χ4v) is 3.97. The van der Waals surface area contributed by atoms with Crippen molar-refractivity contribution < 1.29 is 14.3 Å². The van der Waals surface area contributed by atoms with Gasteiger partial charge in [0, 0.05) is 17.3 Å². The van der Waals surface area contributed by atoms with E-state index in [0.29, 0.717) is 28.3 Å². The molecule has 0 radical (unpaired) electrons. The Kier molecular flexibility index (Phi) is 6.52. The van der Waals surface area contributed by atoms with Crippen molar-refractivity contribution >= 4 is 34.7 Å². The van der Waals surface area contributed by atoms with E-state index in [9.17, 15) is 9.59 Å². The lowest BCUT2D eigenvalue weighted by atomic mass is 10.0. The summed E-state index contributed by atoms with van der Waals surface area (Å²) in [6.45, 7) is 4.13. The lowest BCUT2D eigenvalue weighted by Gasteiger charge is -2.16. The number of carbonyl (C=O) groups excluding carboxylic acids is 2. The number of methoxy groups -OCH3 is 1. The summed E-state index contributed by atoms with van der Waals surface area (Å²) in [6, 6.07) is 20.7. The van der Waals surface area contributed by atoms with E-state index in [1.165, 1.54) is 4.90 Å². The van der Waals surface area contributed by atoms with Gasteiger partial charge < -0.3 is 10.1 Å². The standard InChI is InChI=1S/C27H25ClN2O3/c1-17-7-11-20(12-8-17)24-25(29-23-6-4-5-22(28)18(23)2)27(32)30(26(24)31)16-15-19-9-13-21(33-3)14-10-19/h4-14,29H,15-16H2,1-3H3. The fraction of sp³-hybridized carbons (Fsp3) is 0.185. The highest BCUT2D eigenvalue weighted by Crippen LogP contribution is 2.33. The van der Waals surface area contributed by atoms with Crippen LogP contribution in [0.1, 0.15) is 22.3 Å². The van der Waals surface area contributed by atoms with Crippen molar-refractivity contribution in [1.29, 1.82) is 0 Å². The van der Waals surface area contributed by atoms with Gasteiger partial charge in [-0.2, -0.15) is 0 Å². The lowest BCUT2D eigenvalue weighted by Crippen LogP contribution is -2.34. The Morgan fingerprint density at radius 1 is 0.909 bits per heavy atom. The third kappa shape index (κ3) is 4.64. The largest absolute Gasteiger partial charge is 0.497 e. The first kappa shape index (κ1) is 22.6. The molecule has 6 heteroatoms. The second-order valence-electron chi connectivity index (χ2n) is 8.01. The van der Waals surface area contributed by atoms with E-state index in [2.05, 4.69) is 5.32 Å². The highest BCUT2D eigenvalue weighted by molar-refractivity contribution is 6.36. The summed E-state index contributed by atoms with van der Waals surface area (Å²) in [5.41, 5.74) is 4.94. The zero-order valence-electron chi connectivity index (χ0n) is 18.8. The first-order valence-corrected chi connectivity index (χ1v) is 11.1. The Morgan fingerprint density at radius 2 is 1.61 bits per heavy atom. The number of benzene rings is 3. The van der Waals surface area contributed by atoms with E-state index in [1.807, 2.05) is 74.5 Å². The molecule has 4 rings (SSSR count). The van der Waals surface area contributed by atoms with Crippen LogP contribution in [0.4, 0.5) is 5.69 Å². The molecule has 0 saturated carbocycles. The SMILES string of the molecule is COc1ccc(CCN2C(=O)C(Nc3cccc(Cl)c3C)=C(c3ccc(C)cc3)C2=O)cc1. The van der Waals surface area contributed by atoms with Crippen LogP contribution in [0.3, 0.4) is 0 Å². The molecule has 0 fully saturated rings. The second kappa shape index (κ2) is 9.51. The molecule has 1 aliphatic heterocycles. The summed E-state index contributed by atoms with van der Waals surface area (Å²) in [5, 5.41) is 3.79. The summed E-state index contributed by atoms with van der Waals surface area (Å²) in [5.74, 6) is 0.113. The van der Waals surface area contributed by atoms with Gasteiger partial charge in [-0.05, 0) is 61.2 Å². The molecule has 0 unspecified atom stereocenters. The number of halogens is 1. The highest BCUT2D eigenvalue weighted by Gasteiger charge is 2.39. The molecule has 3 aromatic rings. The summed E-state index contributed by atoms with van der Waals surface area (Å²) >= 11 is 6.28. The smallest absolute Gasteiger partial charge is 0.278 e. The van der Waals surface area contributed by atoms with Crippen molar-refractivity contribution in [1.82, 2.24) is 4.90 Å². The summed E-state index contributed by atoms with van der Waals surface area (Å²) < 4.78 is 5.20. The molecule has 5 nitrogen and oxygen atoms in total. The molecule has 0 bridgehead atoms. The number of nitrogens with one attached hydrogen (secondary N) is 1. The summed E-state index contributed by atoms with van der Waals surface area (Å²) in [6.07, 6.45) is 0.548. The third-order valence-corrected chi connectivity index (χ3v) is 6.23. The second-order valence-corrected chi connectivity index (χ2v) is 8.42. The van der Waals surface area contributed by atoms with E-state index in [0.717, 1.165) is 22.4 Å². The number of imide groups is 1. The topological polar surface area (TPSA) is 58.6 Å². The van der Waals surface area contributed by atoms with E-state index < -0.39 is 0 Å². The first-order valence-electron chi connectivity index (χ1n) is 10.7. The van der Waals surface area contributed by atoms with Crippen molar-refractivity contribution in [2.24, 2.45) is 0 Å². The van der Waals surface area contributed by atoms with Crippen LogP contribution in [0.15, 0.2) is 72.4 Å². The minimum Gasteiger partial charge on any atom is -0.497 e. The van der Waals surface area contributed by atoms with Gasteiger partial charge in [-0.3, -0.25) is 14.5 Å². The van der Waals surface area contributed by atoms with Gasteiger partial charge >= 0.3 is 0 Å². The Labute approximate surface area is 198 Å². The Hall–Kier alpha value is -3.57. The number of hydrogen-bond acceptors (Lipinski definition) is 4. The van der Waals surface area contributed by atoms with E-state index in [-0.39, 0.29) is 24.1 Å². The maximum absolute atomic E-state index is 13.4. The zero-order chi connectivity index (χ0) is 23.5. The number of nitrogens with zero attached hydrogens (tertiary/aromatic N) is 1. The number of carbonyl (C=O) groups is 2. The van der Waals surface area contributed by atoms with Gasteiger partial charge in [0.25, 0.3) is 11.8 Å². The summed E-state index contributed by atoms with van der Waals surface area (Å²) in [4.78, 5) is 28.2. The summed E-state index contributed by atoms with van der Waals surface area (Å²) in [7, 11) is 1.62. The van der Waals surface area contributed by atoms with Crippen LogP contribution in [0.2, 0.25) is 5.02 Å². The number of anilines is 1. The van der Waals surface area contributed by atoms with Gasteiger partial charge in [0.1, 0.15) is 11.4 Å². The molecular formula is C27H25ClN2O3. The average Bonchev–Trinajstić information content (AvgIpc) is 3.05. The van der Waals surface area contributed by atoms with Crippen molar-refractivity contribution in [3.8, 4) is 5.75 Å². The molecular weight excluding hydrogens is 436 g/mol. The molecule has 1 aliphatic rings. The minimum atomic E-state index is -0.344. The predicted molar refractivity (Wildman–Crippen MR) is 131 cm³/mol. The van der Waals surface area contributed by atoms with Crippen LogP contribution in [0.25, 0.3) is 5.57 Å². The fourth-order valence-electron chi connectivity index (χ4n) is 3.79. The lowest BCUT2D eigenvalue weighted by molar-refractivity contribution is -0.136. The van der Waals surface area contributed by atoms with Crippen LogP contribution in [-0.2, 0) is 16.0 Å². The molecule has 2 amide bonds. The zero-order valence-corrected chi connectivity index (χ0v) is 19.6. The number of ether oxygens (including phenoxy) is 1. The van der Waals surface area contributed by atoms with Crippen molar-refractivity contribution in [3.63, 3.8) is 0 Å². The third-order valence-electron chi connectivity index (χ3n) is 5.82. The van der Waals surface area contributed by atoms with Crippen molar-refractivity contribution in [2.75, 3.05) is 19.0 Å². The van der Waals surface area contributed by atoms with Crippen molar-refractivity contribution in [3.05, 3.63) is 99.7 Å². The van der Waals surface area contributed by atoms with Crippen LogP contribution in [0.5, 0.6) is 5.75 Å². The maximum Gasteiger partial charge on any atom is 0.278 e. The van der Waals surface area contributed by atoms with E-state index >= 15 is 0 Å². The minimum absolute atomic E-state index is 0.268. The van der Waals surface area contributed by atoms with E-state index in [1.54, 1.807) is 13.2 Å². The Balaban J connectivity index is 1.66. The van der Waals surface area contributed by atoms with Gasteiger partial charge in [-0.15, -0.1) is 0 Å². The molecule has 0 saturated heterocycles. The first-order chi connectivity index (χ1) is 15.9. The molecule has 0 spiro atoms. The molecule has 0 atom stereocenters. The normalized spacial score (nSPS) is 13.6. The Bertz CT molecular complexity index is 1230. The predicted octanol–water partition coefficient (Wildman–Crippen LogP) is 5.40. The molecule has 3 aromatic carbocycles. The number of hydrogen-bond donors (Lipinski definition) is 1. The van der Waals surface area contributed by atoms with Crippen LogP contribution in [0, 0.1) is 13.8 Å². The molecule has 0 aromatic heterocycles. The van der Waals surface area contributed by atoms with Gasteiger partial charge in [0.05, 0.1) is 12.7 Å². The Morgan fingerprint density at radius 3 is 2.27 bits per heavy atom. The molecule has 168 valence electrons. The van der Waals surface area contributed by atoms with Crippen LogP contribution >= 0.6 is 11.6 Å². The number of aryl methyl sites for hydroxylation is 1. The van der Waals surface area contributed by atoms with Crippen LogP contribution in [-0.4, -0.2) is 30.4 Å². The molecule has 1 N–H and O–H groups in total. The maximum atomic E-state index is 13.4. The van der Waals surface area contributed by atoms with Gasteiger partial charge in [0.2, 0.25) is 0 Å². The highest BCUT2D eigenvalue weighted by atomic mass is 35.5. The molecule has 33 heavy (non-hydrogen) atoms. The van der Waals surface area contributed by atoms with Gasteiger partial charge in [-0.25, -0.2) is 0 Å².